The predicted octanol–water partition coefficient (Wildman–Crippen LogP) is 5.08. The second-order valence-corrected chi connectivity index (χ2v) is 5.82. The van der Waals surface area contributed by atoms with Crippen molar-refractivity contribution < 1.29 is 17.6 Å². The first-order valence-electron chi connectivity index (χ1n) is 7.84. The summed E-state index contributed by atoms with van der Waals surface area (Å²) in [5.74, 6) is 0. The van der Waals surface area contributed by atoms with E-state index in [0.29, 0.717) is 22.1 Å². The maximum absolute atomic E-state index is 12.4. The largest absolute Gasteiger partial charge is 0.319 e. The molecule has 0 aliphatic carbocycles. The van der Waals surface area contributed by atoms with Crippen LogP contribution in [0.15, 0.2) is 53.3 Å². The molecule has 2 heterocycles. The summed E-state index contributed by atoms with van der Waals surface area (Å²) in [6.45, 7) is 0. The van der Waals surface area contributed by atoms with Crippen LogP contribution in [0.5, 0.6) is 0 Å². The molecule has 0 saturated heterocycles. The Balaban J connectivity index is 0.000000161. The quantitative estimate of drug-likeness (QED) is 0.468. The Labute approximate surface area is 160 Å². The number of aromatic nitrogens is 4. The molecule has 10 heteroatoms. The Hall–Kier alpha value is -3.07. The fraction of sp³-hybridized carbons (Fsp3) is 0.111. The Bertz CT molecular complexity index is 1180. The smallest absolute Gasteiger partial charge is 0.285 e. The van der Waals surface area contributed by atoms with Gasteiger partial charge in [0, 0.05) is 0 Å². The third-order valence-electron chi connectivity index (χ3n) is 3.59. The minimum Gasteiger partial charge on any atom is -0.319 e. The van der Waals surface area contributed by atoms with Crippen LogP contribution in [0.1, 0.15) is 24.2 Å². The van der Waals surface area contributed by atoms with E-state index in [1.807, 2.05) is 0 Å². The molecule has 0 bridgehead atoms. The summed E-state index contributed by atoms with van der Waals surface area (Å²) < 4.78 is 49.3. The molecule has 0 amide bonds. The molecule has 144 valence electrons. The molecule has 0 spiro atoms. The molecule has 4 rings (SSSR count). The Morgan fingerprint density at radius 2 is 1.25 bits per heavy atom. The first kappa shape index (κ1) is 19.7. The van der Waals surface area contributed by atoms with E-state index < -0.39 is 29.8 Å². The Morgan fingerprint density at radius 1 is 0.750 bits per heavy atom. The second-order valence-electron chi connectivity index (χ2n) is 5.46. The molecule has 5 nitrogen and oxygen atoms in total. The molecule has 0 fully saturated rings. The van der Waals surface area contributed by atoms with Crippen molar-refractivity contribution in [2.45, 2.75) is 12.9 Å². The lowest BCUT2D eigenvalue weighted by atomic mass is 10.3. The summed E-state index contributed by atoms with van der Waals surface area (Å²) in [5, 5.41) is -0.237. The van der Waals surface area contributed by atoms with Crippen molar-refractivity contribution in [1.29, 1.82) is 0 Å². The fourth-order valence-electron chi connectivity index (χ4n) is 2.32. The average Bonchev–Trinajstić information content (AvgIpc) is 2.67. The van der Waals surface area contributed by atoms with Gasteiger partial charge in [-0.05, 0) is 24.3 Å². The van der Waals surface area contributed by atoms with Crippen LogP contribution in [0.3, 0.4) is 0 Å². The van der Waals surface area contributed by atoms with Gasteiger partial charge in [-0.15, -0.1) is 0 Å². The standard InChI is InChI=1S/C9H5ClF2N2.C9H6F2N2O/c10-8-7(9(11)12)13-5-3-1-2-4-6(5)14-8;10-8(11)7-9(14)13-6-4-2-1-3-5(6)12-7/h1-4,9H;1-4,8H,(H,13,14). The molecule has 1 N–H and O–H groups in total. The van der Waals surface area contributed by atoms with Crippen molar-refractivity contribution in [2.75, 3.05) is 0 Å². The Morgan fingerprint density at radius 3 is 1.86 bits per heavy atom. The van der Waals surface area contributed by atoms with Gasteiger partial charge in [-0.2, -0.15) is 0 Å². The number of halogens is 5. The van der Waals surface area contributed by atoms with Crippen molar-refractivity contribution in [1.82, 2.24) is 19.9 Å². The van der Waals surface area contributed by atoms with Crippen molar-refractivity contribution >= 4 is 33.7 Å². The second kappa shape index (κ2) is 8.30. The molecule has 0 aliphatic heterocycles. The molecule has 0 atom stereocenters. The van der Waals surface area contributed by atoms with Gasteiger partial charge in [-0.25, -0.2) is 32.5 Å². The number of rotatable bonds is 2. The molecule has 0 radical (unpaired) electrons. The monoisotopic (exact) mass is 410 g/mol. The highest BCUT2D eigenvalue weighted by molar-refractivity contribution is 6.30. The molecule has 2 aromatic heterocycles. The van der Waals surface area contributed by atoms with E-state index >= 15 is 0 Å². The summed E-state index contributed by atoms with van der Waals surface area (Å²) in [6, 6.07) is 13.3. The summed E-state index contributed by atoms with van der Waals surface area (Å²) in [6.07, 6.45) is -5.54. The zero-order chi connectivity index (χ0) is 20.3. The average molecular weight is 411 g/mol. The highest BCUT2D eigenvalue weighted by Gasteiger charge is 2.16. The first-order valence-corrected chi connectivity index (χ1v) is 8.22. The van der Waals surface area contributed by atoms with Gasteiger partial charge in [0.15, 0.2) is 10.8 Å². The van der Waals surface area contributed by atoms with Crippen LogP contribution >= 0.6 is 11.6 Å². The minimum absolute atomic E-state index is 0.237. The van der Waals surface area contributed by atoms with Crippen LogP contribution in [-0.2, 0) is 0 Å². The van der Waals surface area contributed by atoms with E-state index in [1.165, 1.54) is 0 Å². The van der Waals surface area contributed by atoms with Crippen LogP contribution in [0.2, 0.25) is 5.15 Å². The lowest BCUT2D eigenvalue weighted by Crippen LogP contribution is -2.15. The van der Waals surface area contributed by atoms with Crippen LogP contribution in [0.4, 0.5) is 17.6 Å². The van der Waals surface area contributed by atoms with Crippen molar-refractivity contribution in [3.05, 3.63) is 75.4 Å². The molecule has 0 aliphatic rings. The third kappa shape index (κ3) is 4.25. The lowest BCUT2D eigenvalue weighted by Gasteiger charge is -2.02. The van der Waals surface area contributed by atoms with E-state index in [-0.39, 0.29) is 5.15 Å². The van der Waals surface area contributed by atoms with Gasteiger partial charge in [0.25, 0.3) is 18.4 Å². The number of benzene rings is 2. The molecule has 0 unspecified atom stereocenters. The highest BCUT2D eigenvalue weighted by Crippen LogP contribution is 2.25. The van der Waals surface area contributed by atoms with E-state index in [1.54, 1.807) is 48.5 Å². The molecule has 2 aromatic carbocycles. The van der Waals surface area contributed by atoms with Gasteiger partial charge in [0.1, 0.15) is 5.69 Å². The molecule has 28 heavy (non-hydrogen) atoms. The van der Waals surface area contributed by atoms with Crippen molar-refractivity contribution in [3.63, 3.8) is 0 Å². The van der Waals surface area contributed by atoms with E-state index in [9.17, 15) is 22.4 Å². The number of para-hydroxylation sites is 4. The lowest BCUT2D eigenvalue weighted by molar-refractivity contribution is 0.144. The molecule has 0 saturated carbocycles. The first-order chi connectivity index (χ1) is 13.4. The van der Waals surface area contributed by atoms with Gasteiger partial charge >= 0.3 is 0 Å². The number of hydrogen-bond donors (Lipinski definition) is 1. The topological polar surface area (TPSA) is 71.5 Å². The van der Waals surface area contributed by atoms with E-state index in [4.69, 9.17) is 11.6 Å². The number of H-pyrrole nitrogens is 1. The predicted molar refractivity (Wildman–Crippen MR) is 96.8 cm³/mol. The van der Waals surface area contributed by atoms with Crippen LogP contribution in [0, 0.1) is 0 Å². The summed E-state index contributed by atoms with van der Waals surface area (Å²) in [4.78, 5) is 24.5. The van der Waals surface area contributed by atoms with Gasteiger partial charge in [-0.3, -0.25) is 4.79 Å². The number of fused-ring (bicyclic) bond motifs is 2. The maximum Gasteiger partial charge on any atom is 0.285 e. The number of hydrogen-bond acceptors (Lipinski definition) is 4. The fourth-order valence-corrected chi connectivity index (χ4v) is 2.54. The summed E-state index contributed by atoms with van der Waals surface area (Å²) in [7, 11) is 0. The van der Waals surface area contributed by atoms with E-state index in [0.717, 1.165) is 0 Å². The van der Waals surface area contributed by atoms with Crippen LogP contribution in [0.25, 0.3) is 22.1 Å². The Kier molecular flexibility index (Phi) is 5.84. The highest BCUT2D eigenvalue weighted by atomic mass is 35.5. The van der Waals surface area contributed by atoms with E-state index in [2.05, 4.69) is 19.9 Å². The van der Waals surface area contributed by atoms with Gasteiger partial charge in [0.2, 0.25) is 0 Å². The van der Waals surface area contributed by atoms with Gasteiger partial charge in [-0.1, -0.05) is 35.9 Å². The number of nitrogens with one attached hydrogen (secondary N) is 1. The SMILES string of the molecule is FC(F)c1nc2ccccc2nc1Cl.O=c1[nH]c2ccccc2nc1C(F)F. The van der Waals surface area contributed by atoms with Crippen LogP contribution < -0.4 is 5.56 Å². The summed E-state index contributed by atoms with van der Waals surface area (Å²) >= 11 is 5.54. The molecule has 4 aromatic rings. The van der Waals surface area contributed by atoms with Gasteiger partial charge < -0.3 is 4.98 Å². The van der Waals surface area contributed by atoms with Crippen molar-refractivity contribution in [2.24, 2.45) is 0 Å². The van der Waals surface area contributed by atoms with Gasteiger partial charge in [0.05, 0.1) is 22.1 Å². The van der Waals surface area contributed by atoms with Crippen LogP contribution in [-0.4, -0.2) is 19.9 Å². The zero-order valence-electron chi connectivity index (χ0n) is 13.9. The summed E-state index contributed by atoms with van der Waals surface area (Å²) in [5.41, 5.74) is -0.272. The number of aromatic amines is 1. The molecular weight excluding hydrogens is 400 g/mol. The zero-order valence-corrected chi connectivity index (χ0v) is 14.7. The number of nitrogens with zero attached hydrogens (tertiary/aromatic N) is 3. The normalized spacial score (nSPS) is 11.1. The number of alkyl halides is 4. The molecular formula is C18H11ClF4N4O. The van der Waals surface area contributed by atoms with Crippen molar-refractivity contribution in [3.8, 4) is 0 Å². The third-order valence-corrected chi connectivity index (χ3v) is 3.87. The minimum atomic E-state index is -2.84. The maximum atomic E-state index is 12.4.